The average molecular weight is 260 g/mol. The molecule has 2 fully saturated rings. The monoisotopic (exact) mass is 260 g/mol. The highest BCUT2D eigenvalue weighted by atomic mass is 32.2. The molecule has 0 aromatic carbocycles. The van der Waals surface area contributed by atoms with E-state index in [0.29, 0.717) is 17.8 Å². The van der Waals surface area contributed by atoms with Crippen LogP contribution in [-0.2, 0) is 4.79 Å². The first-order valence-corrected chi connectivity index (χ1v) is 8.13. The number of amides is 1. The fourth-order valence-corrected chi connectivity index (χ4v) is 4.43. The number of likely N-dealkylation sites (N-methyl/N-ethyl adjacent to an activating group) is 1. The molecule has 1 aliphatic heterocycles. The standard InChI is InChI=1S/C11H20N2OS2/c1-13(9-2-3-9)11(14)7-12-6-10-8-15-4-5-16-10/h9-10,12H,2-8H2,1H3. The summed E-state index contributed by atoms with van der Waals surface area (Å²) in [5, 5.41) is 3.99. The normalized spacial score (nSPS) is 25.4. The van der Waals surface area contributed by atoms with Crippen LogP contribution in [0.5, 0.6) is 0 Å². The van der Waals surface area contributed by atoms with Crippen molar-refractivity contribution in [3.8, 4) is 0 Å². The van der Waals surface area contributed by atoms with Crippen LogP contribution in [-0.4, -0.2) is 59.5 Å². The Kier molecular flexibility index (Phi) is 4.85. The van der Waals surface area contributed by atoms with E-state index in [4.69, 9.17) is 0 Å². The lowest BCUT2D eigenvalue weighted by Gasteiger charge is -2.22. The lowest BCUT2D eigenvalue weighted by molar-refractivity contribution is -0.129. The minimum atomic E-state index is 0.246. The van der Waals surface area contributed by atoms with Gasteiger partial charge in [-0.05, 0) is 12.8 Å². The second-order valence-electron chi connectivity index (χ2n) is 4.43. The third-order valence-electron chi connectivity index (χ3n) is 3.02. The van der Waals surface area contributed by atoms with Gasteiger partial charge in [-0.25, -0.2) is 0 Å². The Bertz CT molecular complexity index is 240. The third-order valence-corrected chi connectivity index (χ3v) is 5.87. The van der Waals surface area contributed by atoms with Crippen molar-refractivity contribution < 1.29 is 4.79 Å². The molecule has 1 amide bonds. The van der Waals surface area contributed by atoms with E-state index in [-0.39, 0.29) is 5.91 Å². The Labute approximate surface area is 106 Å². The van der Waals surface area contributed by atoms with Gasteiger partial charge in [0.25, 0.3) is 0 Å². The highest BCUT2D eigenvalue weighted by Crippen LogP contribution is 2.25. The van der Waals surface area contributed by atoms with Crippen LogP contribution in [0.25, 0.3) is 0 Å². The Morgan fingerprint density at radius 3 is 2.88 bits per heavy atom. The predicted molar refractivity (Wildman–Crippen MR) is 72.2 cm³/mol. The molecule has 5 heteroatoms. The van der Waals surface area contributed by atoms with Gasteiger partial charge in [0.15, 0.2) is 0 Å². The molecule has 0 aromatic heterocycles. The molecule has 0 spiro atoms. The number of carbonyl (C=O) groups is 1. The van der Waals surface area contributed by atoms with Crippen molar-refractivity contribution in [2.45, 2.75) is 24.1 Å². The molecule has 1 atom stereocenters. The minimum absolute atomic E-state index is 0.246. The van der Waals surface area contributed by atoms with Crippen molar-refractivity contribution >= 4 is 29.4 Å². The molecule has 1 N–H and O–H groups in total. The van der Waals surface area contributed by atoms with E-state index in [9.17, 15) is 4.79 Å². The second kappa shape index (κ2) is 6.17. The largest absolute Gasteiger partial charge is 0.342 e. The second-order valence-corrected chi connectivity index (χ2v) is 6.99. The maximum Gasteiger partial charge on any atom is 0.236 e. The van der Waals surface area contributed by atoms with Crippen molar-refractivity contribution in [2.75, 3.05) is 37.4 Å². The first-order chi connectivity index (χ1) is 7.77. The molecule has 2 rings (SSSR count). The number of rotatable bonds is 5. The summed E-state index contributed by atoms with van der Waals surface area (Å²) in [6.07, 6.45) is 2.38. The van der Waals surface area contributed by atoms with Gasteiger partial charge in [-0.15, -0.1) is 0 Å². The van der Waals surface area contributed by atoms with Crippen LogP contribution in [0.4, 0.5) is 0 Å². The van der Waals surface area contributed by atoms with Gasteiger partial charge >= 0.3 is 0 Å². The molecule has 92 valence electrons. The third kappa shape index (κ3) is 3.86. The zero-order valence-electron chi connectivity index (χ0n) is 9.78. The molecular formula is C11H20N2OS2. The van der Waals surface area contributed by atoms with Crippen LogP contribution >= 0.6 is 23.5 Å². The Morgan fingerprint density at radius 1 is 1.44 bits per heavy atom. The number of nitrogens with zero attached hydrogens (tertiary/aromatic N) is 1. The molecule has 1 saturated carbocycles. The lowest BCUT2D eigenvalue weighted by Crippen LogP contribution is -2.39. The van der Waals surface area contributed by atoms with Crippen LogP contribution in [0.3, 0.4) is 0 Å². The van der Waals surface area contributed by atoms with Gasteiger partial charge in [0.1, 0.15) is 0 Å². The van der Waals surface area contributed by atoms with Crippen molar-refractivity contribution in [1.82, 2.24) is 10.2 Å². The molecule has 0 bridgehead atoms. The topological polar surface area (TPSA) is 32.3 Å². The van der Waals surface area contributed by atoms with Crippen LogP contribution in [0.2, 0.25) is 0 Å². The average Bonchev–Trinajstić information content (AvgIpc) is 3.13. The smallest absolute Gasteiger partial charge is 0.236 e. The maximum absolute atomic E-state index is 11.7. The van der Waals surface area contributed by atoms with Crippen LogP contribution < -0.4 is 5.32 Å². The van der Waals surface area contributed by atoms with Crippen molar-refractivity contribution in [2.24, 2.45) is 0 Å². The van der Waals surface area contributed by atoms with Crippen molar-refractivity contribution in [3.05, 3.63) is 0 Å². The van der Waals surface area contributed by atoms with Gasteiger partial charge in [-0.2, -0.15) is 23.5 Å². The summed E-state index contributed by atoms with van der Waals surface area (Å²) >= 11 is 4.06. The van der Waals surface area contributed by atoms with Gasteiger partial charge in [0, 0.05) is 42.1 Å². The molecule has 0 radical (unpaired) electrons. The van der Waals surface area contributed by atoms with Gasteiger partial charge in [-0.3, -0.25) is 4.79 Å². The molecule has 0 aromatic rings. The van der Waals surface area contributed by atoms with Gasteiger partial charge < -0.3 is 10.2 Å². The summed E-state index contributed by atoms with van der Waals surface area (Å²) in [5.74, 6) is 4.01. The summed E-state index contributed by atoms with van der Waals surface area (Å²) in [7, 11) is 1.92. The fraction of sp³-hybridized carbons (Fsp3) is 0.909. The van der Waals surface area contributed by atoms with Crippen LogP contribution in [0.15, 0.2) is 0 Å². The number of carbonyl (C=O) groups excluding carboxylic acids is 1. The fourth-order valence-electron chi connectivity index (χ4n) is 1.78. The first-order valence-electron chi connectivity index (χ1n) is 5.93. The van der Waals surface area contributed by atoms with E-state index >= 15 is 0 Å². The van der Waals surface area contributed by atoms with E-state index in [2.05, 4.69) is 5.32 Å². The summed E-state index contributed by atoms with van der Waals surface area (Å²) in [6, 6.07) is 0.536. The van der Waals surface area contributed by atoms with E-state index in [0.717, 1.165) is 6.54 Å². The molecule has 2 aliphatic rings. The van der Waals surface area contributed by atoms with Gasteiger partial charge in [0.05, 0.1) is 6.54 Å². The first kappa shape index (κ1) is 12.6. The molecule has 3 nitrogen and oxygen atoms in total. The van der Waals surface area contributed by atoms with E-state index < -0.39 is 0 Å². The number of thioether (sulfide) groups is 2. The van der Waals surface area contributed by atoms with Gasteiger partial charge in [-0.1, -0.05) is 0 Å². The molecular weight excluding hydrogens is 240 g/mol. The molecule has 1 heterocycles. The van der Waals surface area contributed by atoms with Gasteiger partial charge in [0.2, 0.25) is 5.91 Å². The Hall–Kier alpha value is 0.130. The predicted octanol–water partition coefficient (Wildman–Crippen LogP) is 1.05. The Balaban J connectivity index is 1.57. The number of hydrogen-bond acceptors (Lipinski definition) is 4. The van der Waals surface area contributed by atoms with E-state index in [1.54, 1.807) is 0 Å². The highest BCUT2D eigenvalue weighted by molar-refractivity contribution is 8.06. The number of hydrogen-bond donors (Lipinski definition) is 1. The molecule has 1 saturated heterocycles. The maximum atomic E-state index is 11.7. The van der Waals surface area contributed by atoms with Crippen molar-refractivity contribution in [1.29, 1.82) is 0 Å². The molecule has 16 heavy (non-hydrogen) atoms. The highest BCUT2D eigenvalue weighted by Gasteiger charge is 2.29. The SMILES string of the molecule is CN(C(=O)CNCC1CSCCS1)C1CC1. The van der Waals surface area contributed by atoms with E-state index in [1.807, 2.05) is 35.5 Å². The number of nitrogens with one attached hydrogen (secondary N) is 1. The Morgan fingerprint density at radius 2 is 2.25 bits per heavy atom. The lowest BCUT2D eigenvalue weighted by atomic mass is 10.4. The summed E-state index contributed by atoms with van der Waals surface area (Å²) in [5.41, 5.74) is 0. The molecule has 1 unspecified atom stereocenters. The summed E-state index contributed by atoms with van der Waals surface area (Å²) < 4.78 is 0. The van der Waals surface area contributed by atoms with Crippen LogP contribution in [0.1, 0.15) is 12.8 Å². The summed E-state index contributed by atoms with van der Waals surface area (Å²) in [6.45, 7) is 1.48. The van der Waals surface area contributed by atoms with E-state index in [1.165, 1.54) is 30.1 Å². The van der Waals surface area contributed by atoms with Crippen LogP contribution in [0, 0.1) is 0 Å². The zero-order chi connectivity index (χ0) is 11.4. The van der Waals surface area contributed by atoms with Crippen molar-refractivity contribution in [3.63, 3.8) is 0 Å². The zero-order valence-corrected chi connectivity index (χ0v) is 11.4. The summed E-state index contributed by atoms with van der Waals surface area (Å²) in [4.78, 5) is 13.6. The molecule has 1 aliphatic carbocycles. The quantitative estimate of drug-likeness (QED) is 0.801. The minimum Gasteiger partial charge on any atom is -0.342 e.